The molecule has 0 saturated carbocycles. The van der Waals surface area contributed by atoms with E-state index < -0.39 is 11.7 Å². The molecule has 1 aromatic rings. The molecule has 98 valence electrons. The summed E-state index contributed by atoms with van der Waals surface area (Å²) >= 11 is 0. The lowest BCUT2D eigenvalue weighted by Crippen LogP contribution is -2.28. The van der Waals surface area contributed by atoms with Crippen LogP contribution in [0.15, 0.2) is 30.9 Å². The molecule has 0 aliphatic carbocycles. The fourth-order valence-electron chi connectivity index (χ4n) is 1.34. The monoisotopic (exact) mass is 252 g/mol. The molecule has 0 aliphatic rings. The smallest absolute Gasteiger partial charge is 0.253 e. The van der Waals surface area contributed by atoms with Gasteiger partial charge in [-0.2, -0.15) is 0 Å². The maximum absolute atomic E-state index is 13.1. The van der Waals surface area contributed by atoms with Crippen molar-refractivity contribution in [2.24, 2.45) is 0 Å². The van der Waals surface area contributed by atoms with Crippen molar-refractivity contribution in [3.8, 4) is 0 Å². The molecule has 18 heavy (non-hydrogen) atoms. The van der Waals surface area contributed by atoms with Gasteiger partial charge in [-0.25, -0.2) is 4.39 Å². The van der Waals surface area contributed by atoms with Gasteiger partial charge in [0.25, 0.3) is 5.91 Å². The number of nitrogen functional groups attached to an aromatic ring is 1. The van der Waals surface area contributed by atoms with E-state index in [-0.39, 0.29) is 11.3 Å². The summed E-state index contributed by atoms with van der Waals surface area (Å²) in [5, 5.41) is 2.61. The highest BCUT2D eigenvalue weighted by Gasteiger charge is 2.11. The molecule has 0 radical (unpaired) electrons. The van der Waals surface area contributed by atoms with Crippen molar-refractivity contribution in [3.63, 3.8) is 0 Å². The van der Waals surface area contributed by atoms with Crippen LogP contribution < -0.4 is 11.1 Å². The van der Waals surface area contributed by atoms with Crippen LogP contribution in [-0.2, 0) is 4.74 Å². The molecule has 0 heterocycles. The minimum atomic E-state index is -0.593. The summed E-state index contributed by atoms with van der Waals surface area (Å²) in [6.45, 7) is 4.89. The number of halogens is 1. The van der Waals surface area contributed by atoms with Gasteiger partial charge in [0.15, 0.2) is 0 Å². The first kappa shape index (κ1) is 14.2. The minimum Gasteiger partial charge on any atom is -0.396 e. The number of nitrogens with two attached hydrogens (primary N) is 1. The third-order valence-corrected chi connectivity index (χ3v) is 2.30. The molecular formula is C13H17FN2O2. The van der Waals surface area contributed by atoms with Crippen molar-refractivity contribution in [1.82, 2.24) is 5.32 Å². The number of nitrogens with one attached hydrogen (secondary N) is 1. The van der Waals surface area contributed by atoms with Crippen LogP contribution in [-0.4, -0.2) is 25.7 Å². The van der Waals surface area contributed by atoms with Gasteiger partial charge in [-0.05, 0) is 18.6 Å². The Hall–Kier alpha value is -1.88. The Labute approximate surface area is 106 Å². The zero-order valence-electron chi connectivity index (χ0n) is 10.1. The topological polar surface area (TPSA) is 64.3 Å². The summed E-state index contributed by atoms with van der Waals surface area (Å²) in [5.41, 5.74) is 5.48. The summed E-state index contributed by atoms with van der Waals surface area (Å²) in [6, 6.07) is 4.14. The molecular weight excluding hydrogens is 235 g/mol. The first-order valence-electron chi connectivity index (χ1n) is 5.67. The maximum atomic E-state index is 13.1. The van der Waals surface area contributed by atoms with Crippen LogP contribution in [0.1, 0.15) is 16.8 Å². The van der Waals surface area contributed by atoms with E-state index in [0.717, 1.165) is 6.42 Å². The van der Waals surface area contributed by atoms with E-state index in [0.29, 0.717) is 19.8 Å². The lowest BCUT2D eigenvalue weighted by atomic mass is 10.1. The Balaban J connectivity index is 2.37. The summed E-state index contributed by atoms with van der Waals surface area (Å²) in [5.74, 6) is -0.996. The van der Waals surface area contributed by atoms with E-state index in [9.17, 15) is 9.18 Å². The Morgan fingerprint density at radius 2 is 2.28 bits per heavy atom. The summed E-state index contributed by atoms with van der Waals surface area (Å²) in [4.78, 5) is 11.7. The maximum Gasteiger partial charge on any atom is 0.253 e. The van der Waals surface area contributed by atoms with Crippen molar-refractivity contribution < 1.29 is 13.9 Å². The molecule has 1 amide bonds. The standard InChI is InChI=1S/C13H17FN2O2/c1-2-3-8-18-9-7-16-13(17)10-5-4-6-11(14)12(10)15/h2,4-6H,1,3,7-9,15H2,(H,16,17). The van der Waals surface area contributed by atoms with Gasteiger partial charge in [0.1, 0.15) is 5.82 Å². The number of anilines is 1. The number of hydrogen-bond acceptors (Lipinski definition) is 3. The van der Waals surface area contributed by atoms with Crippen LogP contribution in [0.2, 0.25) is 0 Å². The highest BCUT2D eigenvalue weighted by molar-refractivity contribution is 5.99. The van der Waals surface area contributed by atoms with Gasteiger partial charge in [0.05, 0.1) is 24.5 Å². The van der Waals surface area contributed by atoms with Gasteiger partial charge in [-0.15, -0.1) is 6.58 Å². The summed E-state index contributed by atoms with van der Waals surface area (Å²) < 4.78 is 18.4. The van der Waals surface area contributed by atoms with Gasteiger partial charge in [0, 0.05) is 6.54 Å². The average Bonchev–Trinajstić information content (AvgIpc) is 2.36. The van der Waals surface area contributed by atoms with Crippen molar-refractivity contribution >= 4 is 11.6 Å². The fraction of sp³-hybridized carbons (Fsp3) is 0.308. The van der Waals surface area contributed by atoms with E-state index in [4.69, 9.17) is 10.5 Å². The van der Waals surface area contributed by atoms with Crippen LogP contribution in [0.5, 0.6) is 0 Å². The number of hydrogen-bond donors (Lipinski definition) is 2. The number of ether oxygens (including phenoxy) is 1. The van der Waals surface area contributed by atoms with Gasteiger partial charge < -0.3 is 15.8 Å². The third-order valence-electron chi connectivity index (χ3n) is 2.30. The molecule has 0 bridgehead atoms. The van der Waals surface area contributed by atoms with Crippen molar-refractivity contribution in [3.05, 3.63) is 42.2 Å². The zero-order chi connectivity index (χ0) is 13.4. The second-order valence-electron chi connectivity index (χ2n) is 3.65. The van der Waals surface area contributed by atoms with Crippen molar-refractivity contribution in [2.75, 3.05) is 25.5 Å². The molecule has 0 spiro atoms. The fourth-order valence-corrected chi connectivity index (χ4v) is 1.34. The predicted molar refractivity (Wildman–Crippen MR) is 68.8 cm³/mol. The Bertz CT molecular complexity index is 421. The number of rotatable bonds is 7. The molecule has 4 nitrogen and oxygen atoms in total. The molecule has 0 aromatic heterocycles. The van der Waals surface area contributed by atoms with E-state index in [1.165, 1.54) is 18.2 Å². The first-order chi connectivity index (χ1) is 8.66. The lowest BCUT2D eigenvalue weighted by molar-refractivity contribution is 0.0918. The van der Waals surface area contributed by atoms with Crippen LogP contribution in [0.3, 0.4) is 0 Å². The Kier molecular flexibility index (Phi) is 5.87. The Morgan fingerprint density at radius 3 is 3.00 bits per heavy atom. The van der Waals surface area contributed by atoms with E-state index in [1.54, 1.807) is 6.08 Å². The largest absolute Gasteiger partial charge is 0.396 e. The average molecular weight is 252 g/mol. The number of para-hydroxylation sites is 1. The predicted octanol–water partition coefficient (Wildman–Crippen LogP) is 1.73. The molecule has 0 atom stereocenters. The van der Waals surface area contributed by atoms with Gasteiger partial charge >= 0.3 is 0 Å². The van der Waals surface area contributed by atoms with Crippen LogP contribution in [0.25, 0.3) is 0 Å². The van der Waals surface area contributed by atoms with E-state index in [2.05, 4.69) is 11.9 Å². The summed E-state index contributed by atoms with van der Waals surface area (Å²) in [6.07, 6.45) is 2.52. The van der Waals surface area contributed by atoms with Gasteiger partial charge in [-0.3, -0.25) is 4.79 Å². The first-order valence-corrected chi connectivity index (χ1v) is 5.67. The second kappa shape index (κ2) is 7.45. The molecule has 0 saturated heterocycles. The zero-order valence-corrected chi connectivity index (χ0v) is 10.1. The van der Waals surface area contributed by atoms with E-state index in [1.807, 2.05) is 0 Å². The van der Waals surface area contributed by atoms with Crippen molar-refractivity contribution in [1.29, 1.82) is 0 Å². The van der Waals surface area contributed by atoms with Gasteiger partial charge in [-0.1, -0.05) is 12.1 Å². The van der Waals surface area contributed by atoms with Gasteiger partial charge in [0.2, 0.25) is 0 Å². The van der Waals surface area contributed by atoms with Crippen LogP contribution in [0, 0.1) is 5.82 Å². The van der Waals surface area contributed by atoms with Crippen LogP contribution >= 0.6 is 0 Å². The minimum absolute atomic E-state index is 0.137. The Morgan fingerprint density at radius 1 is 1.50 bits per heavy atom. The third kappa shape index (κ3) is 4.18. The van der Waals surface area contributed by atoms with Crippen molar-refractivity contribution in [2.45, 2.75) is 6.42 Å². The molecule has 0 fully saturated rings. The van der Waals surface area contributed by atoms with E-state index >= 15 is 0 Å². The highest BCUT2D eigenvalue weighted by atomic mass is 19.1. The van der Waals surface area contributed by atoms with Crippen LogP contribution in [0.4, 0.5) is 10.1 Å². The molecule has 1 aromatic carbocycles. The molecule has 3 N–H and O–H groups in total. The number of amides is 1. The number of benzene rings is 1. The highest BCUT2D eigenvalue weighted by Crippen LogP contribution is 2.15. The molecule has 5 heteroatoms. The number of carbonyl (C=O) groups excluding carboxylic acids is 1. The SMILES string of the molecule is C=CCCOCCNC(=O)c1cccc(F)c1N. The normalized spacial score (nSPS) is 10.1. The molecule has 0 unspecified atom stereocenters. The molecule has 0 aliphatic heterocycles. The summed E-state index contributed by atoms with van der Waals surface area (Å²) in [7, 11) is 0. The lowest BCUT2D eigenvalue weighted by Gasteiger charge is -2.08. The number of carbonyl (C=O) groups is 1. The molecule has 1 rings (SSSR count). The quantitative estimate of drug-likeness (QED) is 0.441. The second-order valence-corrected chi connectivity index (χ2v) is 3.65.